The van der Waals surface area contributed by atoms with E-state index >= 15 is 0 Å². The lowest BCUT2D eigenvalue weighted by Crippen LogP contribution is -2.18. The van der Waals surface area contributed by atoms with Gasteiger partial charge in [-0.1, -0.05) is 11.6 Å². The highest BCUT2D eigenvalue weighted by Gasteiger charge is 2.12. The molecular weight excluding hydrogens is 290 g/mol. The van der Waals surface area contributed by atoms with Crippen LogP contribution in [0.15, 0.2) is 12.1 Å². The van der Waals surface area contributed by atoms with Gasteiger partial charge in [0.1, 0.15) is 0 Å². The van der Waals surface area contributed by atoms with Crippen molar-refractivity contribution in [1.82, 2.24) is 5.32 Å². The Labute approximate surface area is 132 Å². The monoisotopic (exact) mass is 315 g/mol. The van der Waals surface area contributed by atoms with E-state index in [-0.39, 0.29) is 6.10 Å². The average molecular weight is 316 g/mol. The normalized spacial score (nSPS) is 11.0. The van der Waals surface area contributed by atoms with Gasteiger partial charge in [-0.05, 0) is 39.8 Å². The maximum absolute atomic E-state index is 6.11. The number of hydrogen-bond acceptors (Lipinski definition) is 4. The van der Waals surface area contributed by atoms with E-state index in [4.69, 9.17) is 25.8 Å². The van der Waals surface area contributed by atoms with Crippen molar-refractivity contribution in [2.24, 2.45) is 0 Å². The molecule has 0 aliphatic carbocycles. The van der Waals surface area contributed by atoms with Crippen molar-refractivity contribution < 1.29 is 14.2 Å². The third-order valence-corrected chi connectivity index (χ3v) is 3.09. The number of halogens is 1. The van der Waals surface area contributed by atoms with Crippen LogP contribution in [0.4, 0.5) is 0 Å². The second kappa shape index (κ2) is 9.87. The molecule has 1 aromatic rings. The molecule has 0 saturated carbocycles. The highest BCUT2D eigenvalue weighted by Crippen LogP contribution is 2.34. The number of methoxy groups -OCH3 is 1. The summed E-state index contributed by atoms with van der Waals surface area (Å²) in [6.45, 7) is 8.96. The Balaban J connectivity index is 2.55. The van der Waals surface area contributed by atoms with Crippen molar-refractivity contribution in [2.75, 3.05) is 26.9 Å². The zero-order chi connectivity index (χ0) is 15.7. The first-order valence-corrected chi connectivity index (χ1v) is 7.77. The summed E-state index contributed by atoms with van der Waals surface area (Å²) in [6, 6.07) is 3.68. The summed E-state index contributed by atoms with van der Waals surface area (Å²) in [6.07, 6.45) is 1.26. The Morgan fingerprint density at radius 2 is 2.05 bits per heavy atom. The van der Waals surface area contributed by atoms with Crippen LogP contribution >= 0.6 is 11.6 Å². The standard InChI is InChI=1S/C16H26ClNO3/c1-5-20-16-13(9-14(17)10-15(16)19-4)11-18-7-6-8-21-12(2)3/h9-10,12,18H,5-8,11H2,1-4H3. The van der Waals surface area contributed by atoms with Crippen LogP contribution in [0.25, 0.3) is 0 Å². The van der Waals surface area contributed by atoms with E-state index in [1.807, 2.05) is 26.8 Å². The zero-order valence-electron chi connectivity index (χ0n) is 13.4. The number of benzene rings is 1. The summed E-state index contributed by atoms with van der Waals surface area (Å²) in [5, 5.41) is 4.03. The van der Waals surface area contributed by atoms with Crippen molar-refractivity contribution in [3.05, 3.63) is 22.7 Å². The second-order valence-corrected chi connectivity index (χ2v) is 5.42. The summed E-state index contributed by atoms with van der Waals surface area (Å²) in [5.74, 6) is 1.43. The minimum Gasteiger partial charge on any atom is -0.493 e. The molecule has 0 saturated heterocycles. The molecule has 5 heteroatoms. The summed E-state index contributed by atoms with van der Waals surface area (Å²) in [7, 11) is 1.62. The van der Waals surface area contributed by atoms with Crippen molar-refractivity contribution in [3.8, 4) is 11.5 Å². The highest BCUT2D eigenvalue weighted by atomic mass is 35.5. The first-order valence-electron chi connectivity index (χ1n) is 7.40. The summed E-state index contributed by atoms with van der Waals surface area (Å²) < 4.78 is 16.5. The van der Waals surface area contributed by atoms with Gasteiger partial charge in [0.2, 0.25) is 0 Å². The predicted molar refractivity (Wildman–Crippen MR) is 86.6 cm³/mol. The lowest BCUT2D eigenvalue weighted by Gasteiger charge is -2.15. The van der Waals surface area contributed by atoms with Gasteiger partial charge in [0.25, 0.3) is 0 Å². The predicted octanol–water partition coefficient (Wildman–Crippen LogP) is 3.65. The minimum absolute atomic E-state index is 0.284. The van der Waals surface area contributed by atoms with E-state index in [1.54, 1.807) is 13.2 Å². The van der Waals surface area contributed by atoms with Crippen molar-refractivity contribution in [1.29, 1.82) is 0 Å². The van der Waals surface area contributed by atoms with E-state index in [0.29, 0.717) is 23.9 Å². The fourth-order valence-corrected chi connectivity index (χ4v) is 2.18. The Kier molecular flexibility index (Phi) is 8.50. The highest BCUT2D eigenvalue weighted by molar-refractivity contribution is 6.30. The van der Waals surface area contributed by atoms with E-state index in [0.717, 1.165) is 30.9 Å². The van der Waals surface area contributed by atoms with Gasteiger partial charge < -0.3 is 19.5 Å². The van der Waals surface area contributed by atoms with Crippen LogP contribution in [-0.2, 0) is 11.3 Å². The summed E-state index contributed by atoms with van der Waals surface area (Å²) in [5.41, 5.74) is 1.01. The Morgan fingerprint density at radius 3 is 2.67 bits per heavy atom. The number of ether oxygens (including phenoxy) is 3. The molecule has 0 fully saturated rings. The SMILES string of the molecule is CCOc1c(CNCCCOC(C)C)cc(Cl)cc1OC. The topological polar surface area (TPSA) is 39.7 Å². The van der Waals surface area contributed by atoms with Crippen LogP contribution in [-0.4, -0.2) is 33.0 Å². The quantitative estimate of drug-likeness (QED) is 0.669. The Hall–Kier alpha value is -0.970. The van der Waals surface area contributed by atoms with Crippen LogP contribution in [0.2, 0.25) is 5.02 Å². The smallest absolute Gasteiger partial charge is 0.165 e. The third kappa shape index (κ3) is 6.55. The molecule has 0 unspecified atom stereocenters. The maximum Gasteiger partial charge on any atom is 0.165 e. The second-order valence-electron chi connectivity index (χ2n) is 4.98. The van der Waals surface area contributed by atoms with Crippen LogP contribution in [0.1, 0.15) is 32.8 Å². The van der Waals surface area contributed by atoms with E-state index in [1.165, 1.54) is 0 Å². The van der Waals surface area contributed by atoms with Gasteiger partial charge in [-0.3, -0.25) is 0 Å². The minimum atomic E-state index is 0.284. The molecule has 1 rings (SSSR count). The van der Waals surface area contributed by atoms with Crippen LogP contribution in [0.3, 0.4) is 0 Å². The molecule has 0 amide bonds. The van der Waals surface area contributed by atoms with E-state index in [9.17, 15) is 0 Å². The van der Waals surface area contributed by atoms with E-state index in [2.05, 4.69) is 5.32 Å². The van der Waals surface area contributed by atoms with Crippen LogP contribution in [0, 0.1) is 0 Å². The van der Waals surface area contributed by atoms with Gasteiger partial charge in [0, 0.05) is 29.8 Å². The molecule has 0 radical (unpaired) electrons. The third-order valence-electron chi connectivity index (χ3n) is 2.87. The summed E-state index contributed by atoms with van der Waals surface area (Å²) in [4.78, 5) is 0. The van der Waals surface area contributed by atoms with Crippen LogP contribution in [0.5, 0.6) is 11.5 Å². The van der Waals surface area contributed by atoms with Crippen molar-refractivity contribution in [2.45, 2.75) is 39.8 Å². The molecule has 0 aliphatic heterocycles. The molecule has 120 valence electrons. The molecule has 0 aromatic heterocycles. The lowest BCUT2D eigenvalue weighted by atomic mass is 10.1. The molecule has 0 aliphatic rings. The largest absolute Gasteiger partial charge is 0.493 e. The van der Waals surface area contributed by atoms with Crippen molar-refractivity contribution >= 4 is 11.6 Å². The fraction of sp³-hybridized carbons (Fsp3) is 0.625. The molecule has 0 heterocycles. The number of rotatable bonds is 10. The molecular formula is C16H26ClNO3. The molecule has 1 N–H and O–H groups in total. The van der Waals surface area contributed by atoms with Gasteiger partial charge >= 0.3 is 0 Å². The van der Waals surface area contributed by atoms with Gasteiger partial charge in [0.05, 0.1) is 19.8 Å². The fourth-order valence-electron chi connectivity index (χ4n) is 1.95. The molecule has 0 bridgehead atoms. The first-order chi connectivity index (χ1) is 10.1. The van der Waals surface area contributed by atoms with Gasteiger partial charge in [0.15, 0.2) is 11.5 Å². The molecule has 4 nitrogen and oxygen atoms in total. The van der Waals surface area contributed by atoms with Crippen molar-refractivity contribution in [3.63, 3.8) is 0 Å². The van der Waals surface area contributed by atoms with Crippen LogP contribution < -0.4 is 14.8 Å². The Morgan fingerprint density at radius 1 is 1.29 bits per heavy atom. The summed E-state index contributed by atoms with van der Waals surface area (Å²) >= 11 is 6.11. The molecule has 1 aromatic carbocycles. The van der Waals surface area contributed by atoms with Gasteiger partial charge in [-0.15, -0.1) is 0 Å². The Bertz CT molecular complexity index is 424. The first kappa shape index (κ1) is 18.1. The molecule has 21 heavy (non-hydrogen) atoms. The zero-order valence-corrected chi connectivity index (χ0v) is 14.1. The average Bonchev–Trinajstić information content (AvgIpc) is 2.44. The lowest BCUT2D eigenvalue weighted by molar-refractivity contribution is 0.0770. The van der Waals surface area contributed by atoms with Gasteiger partial charge in [-0.2, -0.15) is 0 Å². The number of nitrogens with one attached hydrogen (secondary N) is 1. The van der Waals surface area contributed by atoms with E-state index < -0.39 is 0 Å². The molecule has 0 spiro atoms. The number of hydrogen-bond donors (Lipinski definition) is 1. The van der Waals surface area contributed by atoms with Gasteiger partial charge in [-0.25, -0.2) is 0 Å². The molecule has 0 atom stereocenters. The maximum atomic E-state index is 6.11.